The first-order valence-corrected chi connectivity index (χ1v) is 12.5. The van der Waals surface area contributed by atoms with E-state index >= 15 is 0 Å². The van der Waals surface area contributed by atoms with E-state index in [4.69, 9.17) is 14.5 Å². The summed E-state index contributed by atoms with van der Waals surface area (Å²) in [5.41, 5.74) is 4.63. The molecule has 6 rings (SSSR count). The number of aromatic amines is 1. The quantitative estimate of drug-likeness (QED) is 0.404. The smallest absolute Gasteiger partial charge is 0.335 e. The van der Waals surface area contributed by atoms with Gasteiger partial charge in [-0.2, -0.15) is 5.10 Å². The van der Waals surface area contributed by atoms with Gasteiger partial charge in [-0.05, 0) is 74.8 Å². The molecule has 2 fully saturated rings. The van der Waals surface area contributed by atoms with Gasteiger partial charge in [-0.15, -0.1) is 0 Å². The Hall–Kier alpha value is -3.30. The lowest BCUT2D eigenvalue weighted by atomic mass is 9.74. The molecule has 1 saturated carbocycles. The second-order valence-corrected chi connectivity index (χ2v) is 9.94. The number of rotatable bonds is 5. The van der Waals surface area contributed by atoms with Gasteiger partial charge in [-0.1, -0.05) is 0 Å². The zero-order chi connectivity index (χ0) is 24.9. The van der Waals surface area contributed by atoms with Gasteiger partial charge in [0, 0.05) is 48.6 Å². The number of carbonyl (C=O) groups is 1. The predicted octanol–water partition coefficient (Wildman–Crippen LogP) is 5.06. The fraction of sp³-hybridized carbons (Fsp3) is 0.444. The number of halogens is 1. The van der Waals surface area contributed by atoms with Crippen molar-refractivity contribution < 1.29 is 23.8 Å². The Morgan fingerprint density at radius 3 is 2.56 bits per heavy atom. The molecular formula is C27H29FN4O4. The maximum Gasteiger partial charge on any atom is 0.335 e. The molecule has 1 saturated heterocycles. The number of aliphatic carboxylic acids is 1. The summed E-state index contributed by atoms with van der Waals surface area (Å²) in [7, 11) is 1.48. The first kappa shape index (κ1) is 23.1. The summed E-state index contributed by atoms with van der Waals surface area (Å²) in [6.45, 7) is 1.37. The average molecular weight is 493 g/mol. The molecule has 2 N–H and O–H groups in total. The SMILES string of the molecule is COC1(C(=O)O)CCC(c2c(C3CCOCC3)n(-c3ccc(F)cc3)c3cc4cn[nH]c4nc23)CC1. The van der Waals surface area contributed by atoms with Crippen molar-refractivity contribution >= 4 is 28.0 Å². The van der Waals surface area contributed by atoms with Crippen LogP contribution in [0.4, 0.5) is 4.39 Å². The molecule has 3 aromatic heterocycles. The van der Waals surface area contributed by atoms with Crippen molar-refractivity contribution in [1.29, 1.82) is 0 Å². The molecule has 188 valence electrons. The number of nitrogens with one attached hydrogen (secondary N) is 1. The number of hydrogen-bond donors (Lipinski definition) is 2. The summed E-state index contributed by atoms with van der Waals surface area (Å²) < 4.78 is 27.3. The van der Waals surface area contributed by atoms with Gasteiger partial charge < -0.3 is 19.1 Å². The van der Waals surface area contributed by atoms with E-state index in [1.807, 2.05) is 12.1 Å². The van der Waals surface area contributed by atoms with Crippen LogP contribution in [0.1, 0.15) is 61.6 Å². The fourth-order valence-electron chi connectivity index (χ4n) is 6.13. The Kier molecular flexibility index (Phi) is 5.76. The average Bonchev–Trinajstić information content (AvgIpc) is 3.50. The monoisotopic (exact) mass is 492 g/mol. The third-order valence-electron chi connectivity index (χ3n) is 8.09. The van der Waals surface area contributed by atoms with Crippen molar-refractivity contribution in [3.05, 3.63) is 53.6 Å². The highest BCUT2D eigenvalue weighted by atomic mass is 19.1. The van der Waals surface area contributed by atoms with Gasteiger partial charge in [0.15, 0.2) is 11.2 Å². The van der Waals surface area contributed by atoms with Crippen molar-refractivity contribution in [1.82, 2.24) is 19.7 Å². The summed E-state index contributed by atoms with van der Waals surface area (Å²) in [6.07, 6.45) is 5.77. The van der Waals surface area contributed by atoms with E-state index in [0.29, 0.717) is 44.5 Å². The number of benzene rings is 1. The van der Waals surface area contributed by atoms with Crippen LogP contribution in [0.3, 0.4) is 0 Å². The molecule has 1 aromatic carbocycles. The van der Waals surface area contributed by atoms with Crippen LogP contribution in [0.5, 0.6) is 0 Å². The standard InChI is InChI=1S/C27H29FN4O4/c1-35-27(26(33)34)10-6-16(7-11-27)22-23-21(14-18-15-29-31-25(18)30-23)32(20-4-2-19(28)3-5-20)24(22)17-8-12-36-13-9-17/h2-5,14-17H,6-13H2,1H3,(H,33,34)(H,29,30,31). The molecule has 8 nitrogen and oxygen atoms in total. The van der Waals surface area contributed by atoms with Gasteiger partial charge in [-0.25, -0.2) is 14.2 Å². The van der Waals surface area contributed by atoms with Crippen LogP contribution in [0.15, 0.2) is 36.5 Å². The van der Waals surface area contributed by atoms with E-state index in [9.17, 15) is 14.3 Å². The molecule has 4 heterocycles. The lowest BCUT2D eigenvalue weighted by molar-refractivity contribution is -0.166. The second-order valence-electron chi connectivity index (χ2n) is 9.94. The molecule has 2 aliphatic rings. The van der Waals surface area contributed by atoms with E-state index < -0.39 is 11.6 Å². The van der Waals surface area contributed by atoms with Crippen molar-refractivity contribution in [2.24, 2.45) is 0 Å². The van der Waals surface area contributed by atoms with Gasteiger partial charge in [0.1, 0.15) is 5.82 Å². The molecule has 0 unspecified atom stereocenters. The number of carboxylic acid groups (broad SMARTS) is 1. The summed E-state index contributed by atoms with van der Waals surface area (Å²) in [4.78, 5) is 17.0. The first-order chi connectivity index (χ1) is 17.5. The molecule has 0 bridgehead atoms. The molecule has 0 radical (unpaired) electrons. The predicted molar refractivity (Wildman–Crippen MR) is 132 cm³/mol. The zero-order valence-corrected chi connectivity index (χ0v) is 20.2. The van der Waals surface area contributed by atoms with E-state index in [-0.39, 0.29) is 17.7 Å². The molecule has 1 aliphatic heterocycles. The van der Waals surface area contributed by atoms with Crippen LogP contribution in [-0.4, -0.2) is 56.7 Å². The van der Waals surface area contributed by atoms with E-state index in [2.05, 4.69) is 20.8 Å². The molecule has 0 spiro atoms. The lowest BCUT2D eigenvalue weighted by Gasteiger charge is -2.36. The number of hydrogen-bond acceptors (Lipinski definition) is 5. The van der Waals surface area contributed by atoms with Gasteiger partial charge >= 0.3 is 5.97 Å². The maximum atomic E-state index is 13.9. The molecule has 0 amide bonds. The number of ether oxygens (including phenoxy) is 2. The van der Waals surface area contributed by atoms with Crippen LogP contribution in [0.25, 0.3) is 27.8 Å². The number of nitrogens with zero attached hydrogens (tertiary/aromatic N) is 3. The van der Waals surface area contributed by atoms with Crippen LogP contribution in [0.2, 0.25) is 0 Å². The Labute approximate surface area is 207 Å². The first-order valence-electron chi connectivity index (χ1n) is 12.5. The topological polar surface area (TPSA) is 102 Å². The Morgan fingerprint density at radius 1 is 1.17 bits per heavy atom. The highest BCUT2D eigenvalue weighted by Crippen LogP contribution is 2.47. The number of H-pyrrole nitrogens is 1. The van der Waals surface area contributed by atoms with Crippen LogP contribution in [-0.2, 0) is 14.3 Å². The van der Waals surface area contributed by atoms with E-state index in [0.717, 1.165) is 40.5 Å². The van der Waals surface area contributed by atoms with Gasteiger partial charge in [0.05, 0.1) is 17.2 Å². The van der Waals surface area contributed by atoms with Crippen molar-refractivity contribution in [2.45, 2.75) is 56.0 Å². The number of fused-ring (bicyclic) bond motifs is 2. The minimum absolute atomic E-state index is 0.127. The maximum absolute atomic E-state index is 13.9. The van der Waals surface area contributed by atoms with Crippen LogP contribution >= 0.6 is 0 Å². The molecule has 0 atom stereocenters. The van der Waals surface area contributed by atoms with Crippen molar-refractivity contribution in [3.8, 4) is 5.69 Å². The minimum Gasteiger partial charge on any atom is -0.479 e. The van der Waals surface area contributed by atoms with Gasteiger partial charge in [-0.3, -0.25) is 5.10 Å². The highest BCUT2D eigenvalue weighted by molar-refractivity contribution is 5.93. The van der Waals surface area contributed by atoms with Gasteiger partial charge in [0.2, 0.25) is 0 Å². The van der Waals surface area contributed by atoms with E-state index in [1.165, 1.54) is 24.9 Å². The van der Waals surface area contributed by atoms with Crippen molar-refractivity contribution in [3.63, 3.8) is 0 Å². The number of aromatic nitrogens is 4. The Bertz CT molecular complexity index is 1410. The third kappa shape index (κ3) is 3.69. The fourth-order valence-corrected chi connectivity index (χ4v) is 6.13. The molecule has 1 aliphatic carbocycles. The molecule has 36 heavy (non-hydrogen) atoms. The minimum atomic E-state index is -1.14. The summed E-state index contributed by atoms with van der Waals surface area (Å²) in [5, 5.41) is 17.9. The molecule has 4 aromatic rings. The largest absolute Gasteiger partial charge is 0.479 e. The van der Waals surface area contributed by atoms with Crippen molar-refractivity contribution in [2.75, 3.05) is 20.3 Å². The molecular weight excluding hydrogens is 463 g/mol. The normalized spacial score (nSPS) is 23.4. The Balaban J connectivity index is 1.58. The summed E-state index contributed by atoms with van der Waals surface area (Å²) in [5.74, 6) is -0.810. The second kappa shape index (κ2) is 8.97. The summed E-state index contributed by atoms with van der Waals surface area (Å²) in [6, 6.07) is 8.68. The molecule has 9 heteroatoms. The highest BCUT2D eigenvalue weighted by Gasteiger charge is 2.44. The van der Waals surface area contributed by atoms with Gasteiger partial charge in [0.25, 0.3) is 0 Å². The van der Waals surface area contributed by atoms with E-state index in [1.54, 1.807) is 6.20 Å². The third-order valence-corrected chi connectivity index (χ3v) is 8.09. The van der Waals surface area contributed by atoms with Crippen LogP contribution in [0, 0.1) is 5.82 Å². The number of pyridine rings is 1. The number of carboxylic acids is 1. The number of methoxy groups -OCH3 is 1. The summed E-state index contributed by atoms with van der Waals surface area (Å²) >= 11 is 0. The van der Waals surface area contributed by atoms with Crippen LogP contribution < -0.4 is 0 Å². The zero-order valence-electron chi connectivity index (χ0n) is 20.2. The lowest BCUT2D eigenvalue weighted by Crippen LogP contribution is -2.43. The Morgan fingerprint density at radius 2 is 1.89 bits per heavy atom.